The molecule has 0 aliphatic carbocycles. The zero-order valence-corrected chi connectivity index (χ0v) is 11.6. The van der Waals surface area contributed by atoms with E-state index in [1.807, 2.05) is 13.8 Å². The monoisotopic (exact) mass is 265 g/mol. The summed E-state index contributed by atoms with van der Waals surface area (Å²) >= 11 is 0. The Kier molecular flexibility index (Phi) is 7.33. The number of sulfonamides is 1. The van der Waals surface area contributed by atoms with E-state index < -0.39 is 10.0 Å². The van der Waals surface area contributed by atoms with Gasteiger partial charge in [-0.1, -0.05) is 13.8 Å². The normalized spacial score (nSPS) is 12.3. The molecule has 0 aromatic carbocycles. The molecule has 0 amide bonds. The maximum Gasteiger partial charge on any atom is 0.216 e. The third kappa shape index (κ3) is 7.30. The fourth-order valence-corrected chi connectivity index (χ4v) is 2.84. The molecule has 0 aromatic rings. The SMILES string of the molecule is COCCS(=O)(=O)N(CCC(=N)N)CC(C)C. The highest BCUT2D eigenvalue weighted by atomic mass is 32.2. The van der Waals surface area contributed by atoms with E-state index >= 15 is 0 Å². The smallest absolute Gasteiger partial charge is 0.216 e. The Morgan fingerprint density at radius 1 is 1.47 bits per heavy atom. The third-order valence-corrected chi connectivity index (χ3v) is 3.94. The molecule has 0 aliphatic heterocycles. The van der Waals surface area contributed by atoms with Crippen molar-refractivity contribution < 1.29 is 13.2 Å². The first-order chi connectivity index (χ1) is 7.79. The Morgan fingerprint density at radius 2 is 2.06 bits per heavy atom. The number of ether oxygens (including phenoxy) is 1. The van der Waals surface area contributed by atoms with Crippen LogP contribution in [0.1, 0.15) is 20.3 Å². The minimum Gasteiger partial charge on any atom is -0.388 e. The highest BCUT2D eigenvalue weighted by Gasteiger charge is 2.22. The zero-order valence-electron chi connectivity index (χ0n) is 10.8. The average molecular weight is 265 g/mol. The fraction of sp³-hybridized carbons (Fsp3) is 0.900. The van der Waals surface area contributed by atoms with Gasteiger partial charge in [-0.25, -0.2) is 12.7 Å². The van der Waals surface area contributed by atoms with Crippen LogP contribution in [0.25, 0.3) is 0 Å². The Balaban J connectivity index is 4.59. The fourth-order valence-electron chi connectivity index (χ4n) is 1.31. The van der Waals surface area contributed by atoms with Gasteiger partial charge in [0.1, 0.15) is 0 Å². The van der Waals surface area contributed by atoms with Crippen LogP contribution >= 0.6 is 0 Å². The Morgan fingerprint density at radius 3 is 2.47 bits per heavy atom. The molecule has 0 atom stereocenters. The average Bonchev–Trinajstić information content (AvgIpc) is 2.20. The molecule has 17 heavy (non-hydrogen) atoms. The van der Waals surface area contributed by atoms with E-state index in [2.05, 4.69) is 0 Å². The van der Waals surface area contributed by atoms with E-state index in [9.17, 15) is 8.42 Å². The molecule has 102 valence electrons. The Bertz CT molecular complexity index is 328. The predicted molar refractivity (Wildman–Crippen MR) is 68.6 cm³/mol. The van der Waals surface area contributed by atoms with Gasteiger partial charge in [-0.2, -0.15) is 0 Å². The van der Waals surface area contributed by atoms with E-state index in [1.54, 1.807) is 0 Å². The third-order valence-electron chi connectivity index (χ3n) is 2.14. The summed E-state index contributed by atoms with van der Waals surface area (Å²) in [5.74, 6) is 0.202. The van der Waals surface area contributed by atoms with E-state index in [-0.39, 0.29) is 37.1 Å². The van der Waals surface area contributed by atoms with Crippen LogP contribution in [0.2, 0.25) is 0 Å². The van der Waals surface area contributed by atoms with E-state index in [4.69, 9.17) is 15.9 Å². The highest BCUT2D eigenvalue weighted by molar-refractivity contribution is 7.89. The number of nitrogens with one attached hydrogen (secondary N) is 1. The van der Waals surface area contributed by atoms with Crippen molar-refractivity contribution in [1.82, 2.24) is 4.31 Å². The van der Waals surface area contributed by atoms with Crippen molar-refractivity contribution >= 4 is 15.9 Å². The first-order valence-corrected chi connectivity index (χ1v) is 7.20. The summed E-state index contributed by atoms with van der Waals surface area (Å²) in [5.41, 5.74) is 5.25. The van der Waals surface area contributed by atoms with Gasteiger partial charge in [0.05, 0.1) is 18.2 Å². The van der Waals surface area contributed by atoms with Gasteiger partial charge in [0, 0.05) is 26.6 Å². The van der Waals surface area contributed by atoms with Crippen LogP contribution in [0.4, 0.5) is 0 Å². The lowest BCUT2D eigenvalue weighted by atomic mass is 10.2. The number of hydrogen-bond acceptors (Lipinski definition) is 4. The van der Waals surface area contributed by atoms with E-state index in [0.29, 0.717) is 6.54 Å². The first kappa shape index (κ1) is 16.3. The van der Waals surface area contributed by atoms with Crippen molar-refractivity contribution in [3.8, 4) is 0 Å². The quantitative estimate of drug-likeness (QED) is 0.461. The minimum absolute atomic E-state index is 0.000646. The molecule has 0 unspecified atom stereocenters. The van der Waals surface area contributed by atoms with Gasteiger partial charge in [-0.3, -0.25) is 5.41 Å². The second kappa shape index (κ2) is 7.62. The lowest BCUT2D eigenvalue weighted by Gasteiger charge is -2.23. The van der Waals surface area contributed by atoms with Crippen molar-refractivity contribution in [2.45, 2.75) is 20.3 Å². The lowest BCUT2D eigenvalue weighted by molar-refractivity contribution is 0.215. The molecule has 0 radical (unpaired) electrons. The first-order valence-electron chi connectivity index (χ1n) is 5.59. The number of hydrogen-bond donors (Lipinski definition) is 2. The molecule has 0 rings (SSSR count). The van der Waals surface area contributed by atoms with Crippen molar-refractivity contribution in [3.05, 3.63) is 0 Å². The maximum absolute atomic E-state index is 12.0. The van der Waals surface area contributed by atoms with E-state index in [1.165, 1.54) is 11.4 Å². The van der Waals surface area contributed by atoms with Crippen LogP contribution in [-0.2, 0) is 14.8 Å². The topological polar surface area (TPSA) is 96.5 Å². The van der Waals surface area contributed by atoms with E-state index in [0.717, 1.165) is 0 Å². The molecule has 0 aromatic heterocycles. The summed E-state index contributed by atoms with van der Waals surface area (Å²) in [5, 5.41) is 7.14. The number of nitrogens with two attached hydrogens (primary N) is 1. The van der Waals surface area contributed by atoms with Crippen molar-refractivity contribution in [1.29, 1.82) is 5.41 Å². The lowest BCUT2D eigenvalue weighted by Crippen LogP contribution is -2.38. The van der Waals surface area contributed by atoms with Crippen molar-refractivity contribution in [2.24, 2.45) is 11.7 Å². The van der Waals surface area contributed by atoms with Gasteiger partial charge in [-0.05, 0) is 5.92 Å². The summed E-state index contributed by atoms with van der Waals surface area (Å²) in [6.07, 6.45) is 0.263. The molecule has 0 saturated carbocycles. The summed E-state index contributed by atoms with van der Waals surface area (Å²) in [4.78, 5) is 0. The molecule has 0 heterocycles. The van der Waals surface area contributed by atoms with Gasteiger partial charge in [-0.15, -0.1) is 0 Å². The number of amidine groups is 1. The van der Waals surface area contributed by atoms with Crippen LogP contribution in [0.15, 0.2) is 0 Å². The summed E-state index contributed by atoms with van der Waals surface area (Å²) < 4.78 is 30.1. The molecule has 0 bridgehead atoms. The largest absolute Gasteiger partial charge is 0.388 e. The molecule has 0 fully saturated rings. The van der Waals surface area contributed by atoms with Crippen LogP contribution in [0.3, 0.4) is 0 Å². The molecule has 7 heteroatoms. The van der Waals surface area contributed by atoms with Crippen molar-refractivity contribution in [2.75, 3.05) is 32.6 Å². The van der Waals surface area contributed by atoms with Gasteiger partial charge in [0.2, 0.25) is 10.0 Å². The highest BCUT2D eigenvalue weighted by Crippen LogP contribution is 2.07. The van der Waals surface area contributed by atoms with Gasteiger partial charge in [0.15, 0.2) is 0 Å². The summed E-state index contributed by atoms with van der Waals surface area (Å²) in [6.45, 7) is 4.79. The second-order valence-corrected chi connectivity index (χ2v) is 6.42. The Hall–Kier alpha value is -0.660. The molecule has 0 aliphatic rings. The summed E-state index contributed by atoms with van der Waals surface area (Å²) in [6, 6.07) is 0. The van der Waals surface area contributed by atoms with Crippen molar-refractivity contribution in [3.63, 3.8) is 0 Å². The van der Waals surface area contributed by atoms with Crippen LogP contribution in [0, 0.1) is 11.3 Å². The molecule has 6 nitrogen and oxygen atoms in total. The Labute approximate surface area is 104 Å². The number of nitrogens with zero attached hydrogens (tertiary/aromatic N) is 1. The van der Waals surface area contributed by atoms with Crippen LogP contribution in [0.5, 0.6) is 0 Å². The van der Waals surface area contributed by atoms with Crippen LogP contribution < -0.4 is 5.73 Å². The van der Waals surface area contributed by atoms with Gasteiger partial charge >= 0.3 is 0 Å². The number of methoxy groups -OCH3 is 1. The molecular weight excluding hydrogens is 242 g/mol. The molecule has 0 saturated heterocycles. The molecule has 0 spiro atoms. The van der Waals surface area contributed by atoms with Gasteiger partial charge < -0.3 is 10.5 Å². The molecule has 3 N–H and O–H groups in total. The maximum atomic E-state index is 12.0. The van der Waals surface area contributed by atoms with Gasteiger partial charge in [0.25, 0.3) is 0 Å². The van der Waals surface area contributed by atoms with Crippen LogP contribution in [-0.4, -0.2) is 51.1 Å². The zero-order chi connectivity index (χ0) is 13.5. The minimum atomic E-state index is -3.32. The second-order valence-electron chi connectivity index (χ2n) is 4.34. The standard InChI is InChI=1S/C10H23N3O3S/c1-9(2)8-13(5-4-10(11)12)17(14,15)7-6-16-3/h9H,4-8H2,1-3H3,(H3,11,12). The summed E-state index contributed by atoms with van der Waals surface area (Å²) in [7, 11) is -1.85. The number of rotatable bonds is 9. The predicted octanol–water partition coefficient (Wildman–Crippen LogP) is 0.247. The molecular formula is C10H23N3O3S.